The Morgan fingerprint density at radius 2 is 1.67 bits per heavy atom. The van der Waals surface area contributed by atoms with Crippen molar-refractivity contribution >= 4 is 33.5 Å². The van der Waals surface area contributed by atoms with Crippen LogP contribution in [-0.2, 0) is 24.3 Å². The van der Waals surface area contributed by atoms with E-state index in [0.29, 0.717) is 5.69 Å². The number of carbonyl (C=O) groups is 3. The Labute approximate surface area is 170 Å². The molecule has 0 aromatic heterocycles. The maximum Gasteiger partial charge on any atom is 0.341 e. The first kappa shape index (κ1) is 22.9. The Morgan fingerprint density at radius 1 is 1.00 bits per heavy atom. The lowest BCUT2D eigenvalue weighted by Crippen LogP contribution is -2.35. The molecule has 160 valence electrons. The first-order valence-electron chi connectivity index (χ1n) is 8.34. The molecule has 0 saturated carbocycles. The number of benzene rings is 2. The standard InChI is InChI=1S/C18H17F2N3O6S/c1-21-30(27,28)13-6-7-15(20)14(8-13)18(26)29-10-17(25)22-9-16(24)23-12-4-2-11(19)3-5-12/h2-8,21H,9-10H2,1H3,(H,22,25)(H,23,24). The number of hydrogen-bond donors (Lipinski definition) is 3. The van der Waals surface area contributed by atoms with E-state index >= 15 is 0 Å². The van der Waals surface area contributed by atoms with Gasteiger partial charge < -0.3 is 15.4 Å². The van der Waals surface area contributed by atoms with Gasteiger partial charge in [-0.3, -0.25) is 9.59 Å². The second kappa shape index (κ2) is 9.89. The van der Waals surface area contributed by atoms with Crippen molar-refractivity contribution in [2.75, 3.05) is 25.5 Å². The van der Waals surface area contributed by atoms with Crippen LogP contribution >= 0.6 is 0 Å². The summed E-state index contributed by atoms with van der Waals surface area (Å²) < 4.78 is 56.8. The van der Waals surface area contributed by atoms with Crippen LogP contribution in [0.15, 0.2) is 47.4 Å². The largest absolute Gasteiger partial charge is 0.452 e. The van der Waals surface area contributed by atoms with Crippen molar-refractivity contribution in [3.8, 4) is 0 Å². The highest BCUT2D eigenvalue weighted by Crippen LogP contribution is 2.16. The van der Waals surface area contributed by atoms with Crippen LogP contribution < -0.4 is 15.4 Å². The molecule has 2 aromatic carbocycles. The Balaban J connectivity index is 1.87. The van der Waals surface area contributed by atoms with Crippen molar-refractivity contribution in [2.45, 2.75) is 4.90 Å². The molecule has 0 aliphatic carbocycles. The Kier molecular flexibility index (Phi) is 7.55. The summed E-state index contributed by atoms with van der Waals surface area (Å²) in [6.07, 6.45) is 0. The van der Waals surface area contributed by atoms with Gasteiger partial charge in [-0.25, -0.2) is 26.7 Å². The van der Waals surface area contributed by atoms with Gasteiger partial charge in [0.15, 0.2) is 6.61 Å². The predicted octanol–water partition coefficient (Wildman–Crippen LogP) is 0.785. The minimum Gasteiger partial charge on any atom is -0.452 e. The molecule has 3 N–H and O–H groups in total. The molecule has 2 rings (SSSR count). The molecule has 0 unspecified atom stereocenters. The average Bonchev–Trinajstić information content (AvgIpc) is 2.72. The van der Waals surface area contributed by atoms with Crippen LogP contribution in [0.1, 0.15) is 10.4 Å². The second-order valence-electron chi connectivity index (χ2n) is 5.76. The zero-order chi connectivity index (χ0) is 22.3. The molecule has 12 heteroatoms. The van der Waals surface area contributed by atoms with Crippen molar-refractivity contribution in [3.05, 3.63) is 59.7 Å². The zero-order valence-corrected chi connectivity index (χ0v) is 16.4. The molecule has 2 amide bonds. The van der Waals surface area contributed by atoms with E-state index < -0.39 is 58.2 Å². The molecule has 0 fully saturated rings. The number of sulfonamides is 1. The monoisotopic (exact) mass is 441 g/mol. The summed E-state index contributed by atoms with van der Waals surface area (Å²) in [7, 11) is -2.77. The van der Waals surface area contributed by atoms with Crippen LogP contribution in [0.2, 0.25) is 0 Å². The lowest BCUT2D eigenvalue weighted by Gasteiger charge is -2.09. The van der Waals surface area contributed by atoms with E-state index in [1.807, 2.05) is 4.72 Å². The molecule has 0 spiro atoms. The summed E-state index contributed by atoms with van der Waals surface area (Å²) in [6.45, 7) is -1.29. The maximum atomic E-state index is 13.8. The van der Waals surface area contributed by atoms with Crippen LogP contribution in [0.25, 0.3) is 0 Å². The number of rotatable bonds is 8. The third-order valence-corrected chi connectivity index (χ3v) is 5.06. The van der Waals surface area contributed by atoms with Gasteiger partial charge in [0.1, 0.15) is 11.6 Å². The second-order valence-corrected chi connectivity index (χ2v) is 7.64. The highest BCUT2D eigenvalue weighted by Gasteiger charge is 2.20. The Bertz CT molecular complexity index is 1060. The summed E-state index contributed by atoms with van der Waals surface area (Å²) in [5.41, 5.74) is -0.359. The van der Waals surface area contributed by atoms with Crippen molar-refractivity contribution < 1.29 is 36.3 Å². The Morgan fingerprint density at radius 3 is 2.30 bits per heavy atom. The van der Waals surface area contributed by atoms with Gasteiger partial charge in [-0.15, -0.1) is 0 Å². The minimum atomic E-state index is -3.92. The molecule has 30 heavy (non-hydrogen) atoms. The maximum absolute atomic E-state index is 13.8. The summed E-state index contributed by atoms with van der Waals surface area (Å²) in [4.78, 5) is 35.1. The van der Waals surface area contributed by atoms with Crippen molar-refractivity contribution in [1.29, 1.82) is 0 Å². The van der Waals surface area contributed by atoms with E-state index in [1.54, 1.807) is 0 Å². The fourth-order valence-corrected chi connectivity index (χ4v) is 2.88. The van der Waals surface area contributed by atoms with Crippen LogP contribution in [0.5, 0.6) is 0 Å². The summed E-state index contributed by atoms with van der Waals surface area (Å²) >= 11 is 0. The number of esters is 1. The smallest absolute Gasteiger partial charge is 0.341 e. The lowest BCUT2D eigenvalue weighted by molar-refractivity contribution is -0.126. The van der Waals surface area contributed by atoms with Gasteiger partial charge in [0.05, 0.1) is 17.0 Å². The molecular weight excluding hydrogens is 424 g/mol. The Hall–Kier alpha value is -3.38. The molecule has 2 aromatic rings. The summed E-state index contributed by atoms with van der Waals surface area (Å²) in [5.74, 6) is -4.23. The van der Waals surface area contributed by atoms with E-state index in [2.05, 4.69) is 15.4 Å². The van der Waals surface area contributed by atoms with E-state index in [4.69, 9.17) is 0 Å². The molecule has 0 aliphatic heterocycles. The summed E-state index contributed by atoms with van der Waals surface area (Å²) in [6, 6.07) is 7.46. The van der Waals surface area contributed by atoms with Crippen LogP contribution in [0.4, 0.5) is 14.5 Å². The van der Waals surface area contributed by atoms with Gasteiger partial charge in [-0.1, -0.05) is 0 Å². The van der Waals surface area contributed by atoms with Crippen molar-refractivity contribution in [3.63, 3.8) is 0 Å². The summed E-state index contributed by atoms with van der Waals surface area (Å²) in [5, 5.41) is 4.59. The molecule has 0 atom stereocenters. The SMILES string of the molecule is CNS(=O)(=O)c1ccc(F)c(C(=O)OCC(=O)NCC(=O)Nc2ccc(F)cc2)c1. The van der Waals surface area contributed by atoms with Crippen molar-refractivity contribution in [2.24, 2.45) is 0 Å². The highest BCUT2D eigenvalue weighted by molar-refractivity contribution is 7.89. The highest BCUT2D eigenvalue weighted by atomic mass is 32.2. The number of nitrogens with one attached hydrogen (secondary N) is 3. The van der Waals surface area contributed by atoms with Gasteiger partial charge >= 0.3 is 5.97 Å². The molecule has 0 heterocycles. The first-order chi connectivity index (χ1) is 14.1. The number of carbonyl (C=O) groups excluding carboxylic acids is 3. The number of amides is 2. The number of ether oxygens (including phenoxy) is 1. The first-order valence-corrected chi connectivity index (χ1v) is 9.83. The van der Waals surface area contributed by atoms with Crippen LogP contribution in [0.3, 0.4) is 0 Å². The molecule has 0 bridgehead atoms. The molecule has 0 aliphatic rings. The topological polar surface area (TPSA) is 131 Å². The zero-order valence-electron chi connectivity index (χ0n) is 15.6. The molecule has 0 saturated heterocycles. The fourth-order valence-electron chi connectivity index (χ4n) is 2.12. The van der Waals surface area contributed by atoms with Gasteiger partial charge in [-0.2, -0.15) is 0 Å². The third kappa shape index (κ3) is 6.32. The number of anilines is 1. The molecular formula is C18H17F2N3O6S. The minimum absolute atomic E-state index is 0.314. The van der Waals surface area contributed by atoms with Crippen LogP contribution in [-0.4, -0.2) is 46.4 Å². The quantitative estimate of drug-likeness (QED) is 0.519. The third-order valence-electron chi connectivity index (χ3n) is 3.65. The van der Waals surface area contributed by atoms with E-state index in [0.717, 1.165) is 37.4 Å². The van der Waals surface area contributed by atoms with Gasteiger partial charge in [-0.05, 0) is 49.5 Å². The normalized spacial score (nSPS) is 10.9. The average molecular weight is 441 g/mol. The van der Waals surface area contributed by atoms with E-state index in [-0.39, 0.29) is 4.90 Å². The number of halogens is 2. The van der Waals surface area contributed by atoms with E-state index in [9.17, 15) is 31.6 Å². The van der Waals surface area contributed by atoms with Gasteiger partial charge in [0.25, 0.3) is 5.91 Å². The number of hydrogen-bond acceptors (Lipinski definition) is 6. The van der Waals surface area contributed by atoms with E-state index in [1.165, 1.54) is 12.1 Å². The van der Waals surface area contributed by atoms with Crippen LogP contribution in [0, 0.1) is 11.6 Å². The van der Waals surface area contributed by atoms with Crippen molar-refractivity contribution in [1.82, 2.24) is 10.0 Å². The predicted molar refractivity (Wildman–Crippen MR) is 101 cm³/mol. The lowest BCUT2D eigenvalue weighted by atomic mass is 10.2. The van der Waals surface area contributed by atoms with Gasteiger partial charge in [0, 0.05) is 5.69 Å². The molecule has 9 nitrogen and oxygen atoms in total. The van der Waals surface area contributed by atoms with Gasteiger partial charge in [0.2, 0.25) is 15.9 Å². The fraction of sp³-hybridized carbons (Fsp3) is 0.167. The molecule has 0 radical (unpaired) electrons.